The number of thiazole rings is 1. The number of nitrogens with one attached hydrogen (secondary N) is 1. The molecule has 0 aliphatic heterocycles. The number of anilines is 2. The number of benzene rings is 1. The maximum atomic E-state index is 4.63. The molecule has 0 fully saturated rings. The van der Waals surface area contributed by atoms with E-state index >= 15 is 0 Å². The number of thioether (sulfide) groups is 1. The van der Waals surface area contributed by atoms with Crippen molar-refractivity contribution >= 4 is 33.9 Å². The van der Waals surface area contributed by atoms with E-state index in [1.165, 1.54) is 5.56 Å². The van der Waals surface area contributed by atoms with Gasteiger partial charge in [0.2, 0.25) is 0 Å². The van der Waals surface area contributed by atoms with E-state index in [1.807, 2.05) is 13.0 Å². The fourth-order valence-corrected chi connectivity index (χ4v) is 3.86. The minimum Gasteiger partial charge on any atom is -0.332 e. The van der Waals surface area contributed by atoms with E-state index in [4.69, 9.17) is 0 Å². The Labute approximate surface area is 149 Å². The zero-order valence-corrected chi connectivity index (χ0v) is 15.3. The van der Waals surface area contributed by atoms with Gasteiger partial charge in [-0.1, -0.05) is 35.5 Å². The van der Waals surface area contributed by atoms with Crippen molar-refractivity contribution in [1.29, 1.82) is 0 Å². The second-order valence-corrected chi connectivity index (χ2v) is 7.15. The molecule has 7 heteroatoms. The number of rotatable bonds is 7. The molecule has 2 heterocycles. The molecule has 0 aliphatic carbocycles. The van der Waals surface area contributed by atoms with Crippen LogP contribution >= 0.6 is 23.1 Å². The van der Waals surface area contributed by atoms with E-state index in [9.17, 15) is 0 Å². The predicted octanol–water partition coefficient (Wildman–Crippen LogP) is 4.57. The smallest absolute Gasteiger partial charge is 0.191 e. The second-order valence-electron chi connectivity index (χ2n) is 5.35. The van der Waals surface area contributed by atoms with Crippen molar-refractivity contribution in [2.75, 3.05) is 5.32 Å². The lowest BCUT2D eigenvalue weighted by Gasteiger charge is -2.04. The van der Waals surface area contributed by atoms with Crippen molar-refractivity contribution in [2.45, 2.75) is 31.3 Å². The van der Waals surface area contributed by atoms with Gasteiger partial charge in [0.05, 0.1) is 5.69 Å². The van der Waals surface area contributed by atoms with Gasteiger partial charge in [0, 0.05) is 23.4 Å². The molecule has 0 atom stereocenters. The van der Waals surface area contributed by atoms with Crippen molar-refractivity contribution in [2.24, 2.45) is 0 Å². The monoisotopic (exact) mass is 357 g/mol. The van der Waals surface area contributed by atoms with Gasteiger partial charge >= 0.3 is 0 Å². The Bertz CT molecular complexity index is 820. The molecule has 0 saturated carbocycles. The summed E-state index contributed by atoms with van der Waals surface area (Å²) in [5.41, 5.74) is 3.33. The van der Waals surface area contributed by atoms with Gasteiger partial charge < -0.3 is 9.88 Å². The molecule has 0 bridgehead atoms. The minimum atomic E-state index is 0.721. The molecule has 0 saturated heterocycles. The Morgan fingerprint density at radius 2 is 2.04 bits per heavy atom. The highest BCUT2D eigenvalue weighted by atomic mass is 32.2. The maximum Gasteiger partial charge on any atom is 0.191 e. The van der Waals surface area contributed by atoms with E-state index in [1.54, 1.807) is 23.1 Å². The maximum absolute atomic E-state index is 4.63. The lowest BCUT2D eigenvalue weighted by atomic mass is 10.2. The Morgan fingerprint density at radius 3 is 2.79 bits per heavy atom. The van der Waals surface area contributed by atoms with Gasteiger partial charge in [0.25, 0.3) is 0 Å². The molecule has 24 heavy (non-hydrogen) atoms. The summed E-state index contributed by atoms with van der Waals surface area (Å²) >= 11 is 3.25. The highest BCUT2D eigenvalue weighted by Crippen LogP contribution is 2.26. The molecule has 1 N–H and O–H groups in total. The first-order chi connectivity index (χ1) is 11.7. The van der Waals surface area contributed by atoms with Crippen LogP contribution in [0, 0.1) is 13.8 Å². The van der Waals surface area contributed by atoms with Crippen LogP contribution in [-0.2, 0) is 12.3 Å². The molecule has 0 amide bonds. The van der Waals surface area contributed by atoms with Gasteiger partial charge in [-0.05, 0) is 26.0 Å². The van der Waals surface area contributed by atoms with E-state index in [0.29, 0.717) is 0 Å². The van der Waals surface area contributed by atoms with Crippen molar-refractivity contribution in [3.8, 4) is 0 Å². The molecular formula is C17H19N5S2. The highest BCUT2D eigenvalue weighted by molar-refractivity contribution is 7.98. The standard InChI is InChI=1S/C17H19N5S2/c1-4-9-22-13(3)20-21-17(22)24-11-15-10-23-16(19-15)18-14-7-5-12(2)6-8-14/h4-8,10H,1,9,11H2,2-3H3,(H,18,19). The number of allylic oxidation sites excluding steroid dienone is 1. The molecule has 2 aromatic heterocycles. The number of hydrogen-bond acceptors (Lipinski definition) is 6. The fourth-order valence-electron chi connectivity index (χ4n) is 2.14. The molecule has 5 nitrogen and oxygen atoms in total. The normalized spacial score (nSPS) is 10.8. The van der Waals surface area contributed by atoms with Crippen molar-refractivity contribution in [3.05, 3.63) is 59.4 Å². The van der Waals surface area contributed by atoms with Crippen LogP contribution in [0.25, 0.3) is 0 Å². The summed E-state index contributed by atoms with van der Waals surface area (Å²) in [7, 11) is 0. The lowest BCUT2D eigenvalue weighted by molar-refractivity contribution is 0.703. The van der Waals surface area contributed by atoms with Gasteiger partial charge in [-0.15, -0.1) is 28.1 Å². The quantitative estimate of drug-likeness (QED) is 0.496. The summed E-state index contributed by atoms with van der Waals surface area (Å²) < 4.78 is 2.05. The van der Waals surface area contributed by atoms with Crippen LogP contribution < -0.4 is 5.32 Å². The molecule has 3 aromatic rings. The number of aromatic nitrogens is 4. The van der Waals surface area contributed by atoms with Crippen molar-refractivity contribution < 1.29 is 0 Å². The first-order valence-corrected chi connectivity index (χ1v) is 9.44. The SMILES string of the molecule is C=CCn1c(C)nnc1SCc1csc(Nc2ccc(C)cc2)n1. The van der Waals surface area contributed by atoms with Gasteiger partial charge in [0.1, 0.15) is 5.82 Å². The summed E-state index contributed by atoms with van der Waals surface area (Å²) in [6.07, 6.45) is 1.85. The van der Waals surface area contributed by atoms with Crippen LogP contribution in [0.2, 0.25) is 0 Å². The highest BCUT2D eigenvalue weighted by Gasteiger charge is 2.10. The van der Waals surface area contributed by atoms with Crippen LogP contribution in [0.3, 0.4) is 0 Å². The fraction of sp³-hybridized carbons (Fsp3) is 0.235. The van der Waals surface area contributed by atoms with Crippen molar-refractivity contribution in [3.63, 3.8) is 0 Å². The average molecular weight is 358 g/mol. The van der Waals surface area contributed by atoms with Gasteiger partial charge in [-0.3, -0.25) is 0 Å². The third kappa shape index (κ3) is 4.04. The zero-order chi connectivity index (χ0) is 16.9. The van der Waals surface area contributed by atoms with E-state index in [2.05, 4.69) is 68.2 Å². The summed E-state index contributed by atoms with van der Waals surface area (Å²) in [5, 5.41) is 15.6. The molecular weight excluding hydrogens is 338 g/mol. The number of nitrogens with zero attached hydrogens (tertiary/aromatic N) is 4. The largest absolute Gasteiger partial charge is 0.332 e. The summed E-state index contributed by atoms with van der Waals surface area (Å²) in [4.78, 5) is 4.63. The Kier molecular flexibility index (Phi) is 5.32. The number of hydrogen-bond donors (Lipinski definition) is 1. The van der Waals surface area contributed by atoms with E-state index in [0.717, 1.165) is 39.8 Å². The molecule has 0 unspecified atom stereocenters. The molecule has 0 radical (unpaired) electrons. The predicted molar refractivity (Wildman–Crippen MR) is 101 cm³/mol. The Morgan fingerprint density at radius 1 is 1.25 bits per heavy atom. The average Bonchev–Trinajstić information content (AvgIpc) is 3.16. The summed E-state index contributed by atoms with van der Waals surface area (Å²) in [6, 6.07) is 8.29. The summed E-state index contributed by atoms with van der Waals surface area (Å²) in [5.74, 6) is 1.67. The summed E-state index contributed by atoms with van der Waals surface area (Å²) in [6.45, 7) is 8.53. The molecule has 0 spiro atoms. The zero-order valence-electron chi connectivity index (χ0n) is 13.7. The Hall–Kier alpha value is -2.12. The van der Waals surface area contributed by atoms with E-state index < -0.39 is 0 Å². The van der Waals surface area contributed by atoms with Gasteiger partial charge in [0.15, 0.2) is 10.3 Å². The van der Waals surface area contributed by atoms with Crippen LogP contribution in [0.15, 0.2) is 47.5 Å². The third-order valence-corrected chi connectivity index (χ3v) is 5.22. The molecule has 3 rings (SSSR count). The van der Waals surface area contributed by atoms with Crippen LogP contribution in [0.4, 0.5) is 10.8 Å². The van der Waals surface area contributed by atoms with Crippen LogP contribution in [0.1, 0.15) is 17.1 Å². The van der Waals surface area contributed by atoms with Crippen molar-refractivity contribution in [1.82, 2.24) is 19.7 Å². The van der Waals surface area contributed by atoms with Crippen LogP contribution in [-0.4, -0.2) is 19.7 Å². The minimum absolute atomic E-state index is 0.721. The first-order valence-electron chi connectivity index (χ1n) is 7.57. The van der Waals surface area contributed by atoms with Gasteiger partial charge in [-0.25, -0.2) is 4.98 Å². The van der Waals surface area contributed by atoms with Gasteiger partial charge in [-0.2, -0.15) is 0 Å². The third-order valence-electron chi connectivity index (χ3n) is 3.42. The number of aryl methyl sites for hydroxylation is 2. The molecule has 124 valence electrons. The second kappa shape index (κ2) is 7.63. The molecule has 0 aliphatic rings. The Balaban J connectivity index is 1.62. The van der Waals surface area contributed by atoms with Crippen LogP contribution in [0.5, 0.6) is 0 Å². The first kappa shape index (κ1) is 16.7. The lowest BCUT2D eigenvalue weighted by Crippen LogP contribution is -2.00. The van der Waals surface area contributed by atoms with E-state index in [-0.39, 0.29) is 0 Å². The molecule has 1 aromatic carbocycles. The topological polar surface area (TPSA) is 55.6 Å².